The third-order valence-corrected chi connectivity index (χ3v) is 3.23. The van der Waals surface area contributed by atoms with E-state index < -0.39 is 0 Å². The Bertz CT molecular complexity index is 558. The van der Waals surface area contributed by atoms with E-state index in [2.05, 4.69) is 15.0 Å². The molecule has 2 aromatic heterocycles. The van der Waals surface area contributed by atoms with Gasteiger partial charge in [-0.25, -0.2) is 15.0 Å². The van der Waals surface area contributed by atoms with E-state index in [-0.39, 0.29) is 0 Å². The Hall–Kier alpha value is -2.01. The highest BCUT2D eigenvalue weighted by Crippen LogP contribution is 2.14. The van der Waals surface area contributed by atoms with Crippen LogP contribution in [0.3, 0.4) is 0 Å². The molecule has 0 aliphatic carbocycles. The lowest BCUT2D eigenvalue weighted by Gasteiger charge is -2.10. The Balaban J connectivity index is 2.20. The number of ether oxygens (including phenoxy) is 1. The molecule has 0 fully saturated rings. The first kappa shape index (κ1) is 14.4. The lowest BCUT2D eigenvalue weighted by molar-refractivity contribution is 0.397. The molecule has 0 spiro atoms. The van der Waals surface area contributed by atoms with Crippen molar-refractivity contribution in [2.24, 2.45) is 5.73 Å². The topological polar surface area (TPSA) is 73.9 Å². The summed E-state index contributed by atoms with van der Waals surface area (Å²) in [6.07, 6.45) is 3.28. The third kappa shape index (κ3) is 3.30. The van der Waals surface area contributed by atoms with Crippen molar-refractivity contribution in [1.29, 1.82) is 0 Å². The second-order valence-electron chi connectivity index (χ2n) is 4.71. The van der Waals surface area contributed by atoms with Crippen LogP contribution in [0.1, 0.15) is 28.3 Å². The molecule has 106 valence electrons. The van der Waals surface area contributed by atoms with Crippen molar-refractivity contribution < 1.29 is 4.74 Å². The molecule has 0 unspecified atom stereocenters. The zero-order valence-corrected chi connectivity index (χ0v) is 12.2. The van der Waals surface area contributed by atoms with Gasteiger partial charge >= 0.3 is 0 Å². The first-order chi connectivity index (χ1) is 9.63. The van der Waals surface area contributed by atoms with Gasteiger partial charge in [0.25, 0.3) is 0 Å². The van der Waals surface area contributed by atoms with E-state index in [1.165, 1.54) is 0 Å². The van der Waals surface area contributed by atoms with Gasteiger partial charge in [0, 0.05) is 30.1 Å². The molecule has 5 heteroatoms. The molecule has 0 aliphatic rings. The van der Waals surface area contributed by atoms with Crippen molar-refractivity contribution in [3.63, 3.8) is 0 Å². The van der Waals surface area contributed by atoms with E-state index in [1.54, 1.807) is 13.3 Å². The Morgan fingerprint density at radius 2 is 1.85 bits per heavy atom. The van der Waals surface area contributed by atoms with E-state index in [0.29, 0.717) is 18.8 Å². The SMILES string of the molecule is COc1ccc(Cc2nc(C)c(CCN)c(C)n2)cn1. The molecule has 0 amide bonds. The predicted molar refractivity (Wildman–Crippen MR) is 77.9 cm³/mol. The van der Waals surface area contributed by atoms with Gasteiger partial charge in [-0.1, -0.05) is 6.07 Å². The number of nitrogens with two attached hydrogens (primary N) is 1. The molecule has 0 atom stereocenters. The minimum atomic E-state index is 0.611. The third-order valence-electron chi connectivity index (χ3n) is 3.23. The van der Waals surface area contributed by atoms with Gasteiger partial charge < -0.3 is 10.5 Å². The van der Waals surface area contributed by atoms with Gasteiger partial charge in [-0.2, -0.15) is 0 Å². The fourth-order valence-electron chi connectivity index (χ4n) is 2.21. The Labute approximate surface area is 119 Å². The summed E-state index contributed by atoms with van der Waals surface area (Å²) >= 11 is 0. The monoisotopic (exact) mass is 272 g/mol. The summed E-state index contributed by atoms with van der Waals surface area (Å²) in [4.78, 5) is 13.3. The van der Waals surface area contributed by atoms with E-state index >= 15 is 0 Å². The quantitative estimate of drug-likeness (QED) is 0.894. The van der Waals surface area contributed by atoms with Gasteiger partial charge in [0.1, 0.15) is 5.82 Å². The molecule has 2 rings (SSSR count). The molecule has 2 heterocycles. The van der Waals surface area contributed by atoms with Crippen LogP contribution in [-0.2, 0) is 12.8 Å². The van der Waals surface area contributed by atoms with Crippen molar-refractivity contribution in [3.8, 4) is 5.88 Å². The summed E-state index contributed by atoms with van der Waals surface area (Å²) < 4.78 is 5.05. The van der Waals surface area contributed by atoms with Crippen molar-refractivity contribution in [2.75, 3.05) is 13.7 Å². The van der Waals surface area contributed by atoms with E-state index in [1.807, 2.05) is 26.0 Å². The molecule has 20 heavy (non-hydrogen) atoms. The maximum absolute atomic E-state index is 5.61. The van der Waals surface area contributed by atoms with Gasteiger partial charge in [0.15, 0.2) is 0 Å². The van der Waals surface area contributed by atoms with Gasteiger partial charge in [-0.3, -0.25) is 0 Å². The van der Waals surface area contributed by atoms with Gasteiger partial charge in [0.2, 0.25) is 5.88 Å². The first-order valence-corrected chi connectivity index (χ1v) is 6.66. The van der Waals surface area contributed by atoms with Gasteiger partial charge in [0.05, 0.1) is 7.11 Å². The molecular weight excluding hydrogens is 252 g/mol. The van der Waals surface area contributed by atoms with Crippen LogP contribution < -0.4 is 10.5 Å². The number of rotatable bonds is 5. The van der Waals surface area contributed by atoms with Crippen LogP contribution in [0, 0.1) is 13.8 Å². The van der Waals surface area contributed by atoms with Crippen LogP contribution in [0.4, 0.5) is 0 Å². The average molecular weight is 272 g/mol. The smallest absolute Gasteiger partial charge is 0.212 e. The predicted octanol–water partition coefficient (Wildman–Crippen LogP) is 1.59. The summed E-state index contributed by atoms with van der Waals surface area (Å²) in [6.45, 7) is 4.64. The van der Waals surface area contributed by atoms with Crippen molar-refractivity contribution in [3.05, 3.63) is 46.7 Å². The molecule has 5 nitrogen and oxygen atoms in total. The van der Waals surface area contributed by atoms with Crippen molar-refractivity contribution in [1.82, 2.24) is 15.0 Å². The van der Waals surface area contributed by atoms with E-state index in [9.17, 15) is 0 Å². The van der Waals surface area contributed by atoms with Crippen molar-refractivity contribution >= 4 is 0 Å². The second kappa shape index (κ2) is 6.43. The van der Waals surface area contributed by atoms with Crippen molar-refractivity contribution in [2.45, 2.75) is 26.7 Å². The van der Waals surface area contributed by atoms with Crippen LogP contribution in [0.5, 0.6) is 5.88 Å². The second-order valence-corrected chi connectivity index (χ2v) is 4.71. The molecule has 0 aromatic carbocycles. The largest absolute Gasteiger partial charge is 0.481 e. The fourth-order valence-corrected chi connectivity index (χ4v) is 2.21. The number of hydrogen-bond acceptors (Lipinski definition) is 5. The number of methoxy groups -OCH3 is 1. The summed E-state index contributed by atoms with van der Waals surface area (Å²) in [5.74, 6) is 1.42. The molecule has 0 radical (unpaired) electrons. The van der Waals surface area contributed by atoms with Crippen LogP contribution >= 0.6 is 0 Å². The van der Waals surface area contributed by atoms with Gasteiger partial charge in [-0.05, 0) is 37.9 Å². The summed E-state index contributed by atoms with van der Waals surface area (Å²) in [6, 6.07) is 3.82. The van der Waals surface area contributed by atoms with Crippen LogP contribution in [0.25, 0.3) is 0 Å². The number of hydrogen-bond donors (Lipinski definition) is 1. The Morgan fingerprint density at radius 1 is 1.15 bits per heavy atom. The zero-order chi connectivity index (χ0) is 14.5. The lowest BCUT2D eigenvalue weighted by Crippen LogP contribution is -2.10. The Kier molecular flexibility index (Phi) is 4.63. The standard InChI is InChI=1S/C15H20N4O/c1-10-13(6-7-16)11(2)19-14(18-10)8-12-4-5-15(20-3)17-9-12/h4-5,9H,6-8,16H2,1-3H3. The minimum absolute atomic E-state index is 0.611. The molecule has 2 aromatic rings. The Morgan fingerprint density at radius 3 is 2.35 bits per heavy atom. The minimum Gasteiger partial charge on any atom is -0.481 e. The normalized spacial score (nSPS) is 10.6. The summed E-state index contributed by atoms with van der Waals surface area (Å²) in [5.41, 5.74) is 9.86. The molecule has 0 saturated heterocycles. The molecule has 2 N–H and O–H groups in total. The first-order valence-electron chi connectivity index (χ1n) is 6.66. The number of pyridine rings is 1. The fraction of sp³-hybridized carbons (Fsp3) is 0.400. The highest BCUT2D eigenvalue weighted by molar-refractivity contribution is 5.27. The highest BCUT2D eigenvalue weighted by atomic mass is 16.5. The zero-order valence-electron chi connectivity index (χ0n) is 12.2. The maximum atomic E-state index is 5.61. The summed E-state index contributed by atoms with van der Waals surface area (Å²) in [5, 5.41) is 0. The highest BCUT2D eigenvalue weighted by Gasteiger charge is 2.08. The molecule has 0 bridgehead atoms. The van der Waals surface area contributed by atoms with E-state index in [0.717, 1.165) is 34.8 Å². The van der Waals surface area contributed by atoms with E-state index in [4.69, 9.17) is 10.5 Å². The van der Waals surface area contributed by atoms with Crippen LogP contribution in [-0.4, -0.2) is 28.6 Å². The average Bonchev–Trinajstić information content (AvgIpc) is 2.44. The molecule has 0 saturated carbocycles. The number of nitrogens with zero attached hydrogens (tertiary/aromatic N) is 3. The lowest BCUT2D eigenvalue weighted by atomic mass is 10.1. The molecule has 0 aliphatic heterocycles. The maximum Gasteiger partial charge on any atom is 0.212 e. The summed E-state index contributed by atoms with van der Waals surface area (Å²) in [7, 11) is 1.61. The number of aromatic nitrogens is 3. The molecular formula is C15H20N4O. The van der Waals surface area contributed by atoms with Crippen LogP contribution in [0.2, 0.25) is 0 Å². The van der Waals surface area contributed by atoms with Gasteiger partial charge in [-0.15, -0.1) is 0 Å². The number of aryl methyl sites for hydroxylation is 2. The van der Waals surface area contributed by atoms with Crippen LogP contribution in [0.15, 0.2) is 18.3 Å².